The van der Waals surface area contributed by atoms with Gasteiger partial charge in [-0.15, -0.1) is 0 Å². The normalized spacial score (nSPS) is 10.5. The Morgan fingerprint density at radius 2 is 2.18 bits per heavy atom. The molecule has 0 aliphatic carbocycles. The zero-order valence-electron chi connectivity index (χ0n) is 9.38. The summed E-state index contributed by atoms with van der Waals surface area (Å²) in [5, 5.41) is 11.5. The van der Waals surface area contributed by atoms with Crippen LogP contribution in [-0.2, 0) is 4.74 Å². The van der Waals surface area contributed by atoms with Crippen molar-refractivity contribution in [3.05, 3.63) is 23.0 Å². The van der Waals surface area contributed by atoms with Crippen LogP contribution in [0.4, 0.5) is 15.8 Å². The van der Waals surface area contributed by atoms with Gasteiger partial charge in [-0.25, -0.2) is 4.39 Å². The number of hydrogen-bond donors (Lipinski definition) is 3. The van der Waals surface area contributed by atoms with Gasteiger partial charge in [-0.2, -0.15) is 0 Å². The van der Waals surface area contributed by atoms with Crippen molar-refractivity contribution in [2.75, 3.05) is 37.4 Å². The Morgan fingerprint density at radius 1 is 1.41 bits per heavy atom. The van der Waals surface area contributed by atoms with E-state index >= 15 is 0 Å². The number of halogens is 2. The first-order chi connectivity index (χ1) is 8.15. The van der Waals surface area contributed by atoms with E-state index in [4.69, 9.17) is 27.2 Å². The fraction of sp³-hybridized carbons (Fsp3) is 0.455. The van der Waals surface area contributed by atoms with Gasteiger partial charge in [-0.05, 0) is 12.5 Å². The standard InChI is InChI=1S/C11H16ClFN2O2/c12-8-6-10(14)11(7-9(8)13)15-2-1-4-17-5-3-16/h6-7,15-16H,1-5,14H2. The molecule has 96 valence electrons. The Balaban J connectivity index is 2.34. The van der Waals surface area contributed by atoms with Crippen LogP contribution < -0.4 is 11.1 Å². The fourth-order valence-electron chi connectivity index (χ4n) is 1.28. The van der Waals surface area contributed by atoms with Crippen molar-refractivity contribution in [3.8, 4) is 0 Å². The topological polar surface area (TPSA) is 67.5 Å². The zero-order valence-corrected chi connectivity index (χ0v) is 10.1. The average Bonchev–Trinajstić information content (AvgIpc) is 2.30. The molecule has 0 amide bonds. The second kappa shape index (κ2) is 7.32. The van der Waals surface area contributed by atoms with Crippen LogP contribution >= 0.6 is 11.6 Å². The van der Waals surface area contributed by atoms with Gasteiger partial charge >= 0.3 is 0 Å². The number of nitrogens with two attached hydrogens (primary N) is 1. The Kier molecular flexibility index (Phi) is 6.04. The zero-order chi connectivity index (χ0) is 12.7. The molecule has 1 rings (SSSR count). The number of anilines is 2. The molecule has 0 bridgehead atoms. The van der Waals surface area contributed by atoms with E-state index in [1.54, 1.807) is 0 Å². The van der Waals surface area contributed by atoms with Gasteiger partial charge in [0, 0.05) is 19.2 Å². The second-order valence-electron chi connectivity index (χ2n) is 3.47. The summed E-state index contributed by atoms with van der Waals surface area (Å²) in [6.45, 7) is 1.49. The number of hydrogen-bond acceptors (Lipinski definition) is 4. The van der Waals surface area contributed by atoms with Crippen LogP contribution in [-0.4, -0.2) is 31.5 Å². The van der Waals surface area contributed by atoms with E-state index in [0.717, 1.165) is 6.42 Å². The number of aliphatic hydroxyl groups is 1. The first-order valence-electron chi connectivity index (χ1n) is 5.32. The van der Waals surface area contributed by atoms with E-state index in [2.05, 4.69) is 5.32 Å². The molecule has 0 aromatic heterocycles. The molecule has 0 fully saturated rings. The van der Waals surface area contributed by atoms with Gasteiger partial charge in [0.2, 0.25) is 0 Å². The molecule has 4 nitrogen and oxygen atoms in total. The van der Waals surface area contributed by atoms with Crippen molar-refractivity contribution >= 4 is 23.0 Å². The minimum atomic E-state index is -0.500. The van der Waals surface area contributed by atoms with E-state index in [9.17, 15) is 4.39 Å². The van der Waals surface area contributed by atoms with E-state index in [-0.39, 0.29) is 11.6 Å². The maximum Gasteiger partial charge on any atom is 0.143 e. The molecule has 0 radical (unpaired) electrons. The van der Waals surface area contributed by atoms with Crippen molar-refractivity contribution in [2.24, 2.45) is 0 Å². The summed E-state index contributed by atoms with van der Waals surface area (Å²) in [5.41, 5.74) is 6.61. The fourth-order valence-corrected chi connectivity index (χ4v) is 1.45. The third-order valence-electron chi connectivity index (χ3n) is 2.11. The summed E-state index contributed by atoms with van der Waals surface area (Å²) in [6.07, 6.45) is 0.740. The summed E-state index contributed by atoms with van der Waals surface area (Å²) < 4.78 is 18.2. The van der Waals surface area contributed by atoms with Crippen LogP contribution in [0, 0.1) is 5.82 Å². The molecule has 0 atom stereocenters. The van der Waals surface area contributed by atoms with Crippen LogP contribution in [0.15, 0.2) is 12.1 Å². The van der Waals surface area contributed by atoms with Crippen LogP contribution in [0.25, 0.3) is 0 Å². The summed E-state index contributed by atoms with van der Waals surface area (Å²) in [7, 11) is 0. The molecule has 0 aliphatic rings. The van der Waals surface area contributed by atoms with Crippen molar-refractivity contribution in [1.82, 2.24) is 0 Å². The van der Waals surface area contributed by atoms with Crippen molar-refractivity contribution in [3.63, 3.8) is 0 Å². The molecule has 4 N–H and O–H groups in total. The minimum absolute atomic E-state index is 0.0133. The molecule has 0 unspecified atom stereocenters. The van der Waals surface area contributed by atoms with Gasteiger partial charge in [-0.3, -0.25) is 0 Å². The number of nitrogen functional groups attached to an aromatic ring is 1. The lowest BCUT2D eigenvalue weighted by atomic mass is 10.2. The minimum Gasteiger partial charge on any atom is -0.397 e. The maximum absolute atomic E-state index is 13.2. The van der Waals surface area contributed by atoms with E-state index in [1.807, 2.05) is 0 Å². The SMILES string of the molecule is Nc1cc(Cl)c(F)cc1NCCCOCCO. The van der Waals surface area contributed by atoms with E-state index < -0.39 is 5.82 Å². The van der Waals surface area contributed by atoms with E-state index in [1.165, 1.54) is 12.1 Å². The predicted octanol–water partition coefficient (Wildman–Crippen LogP) is 1.87. The summed E-state index contributed by atoms with van der Waals surface area (Å²) in [4.78, 5) is 0. The lowest BCUT2D eigenvalue weighted by molar-refractivity contribution is 0.0922. The highest BCUT2D eigenvalue weighted by molar-refractivity contribution is 6.31. The van der Waals surface area contributed by atoms with Gasteiger partial charge in [-0.1, -0.05) is 11.6 Å². The molecular formula is C11H16ClFN2O2. The highest BCUT2D eigenvalue weighted by Gasteiger charge is 2.05. The summed E-state index contributed by atoms with van der Waals surface area (Å²) >= 11 is 5.58. The van der Waals surface area contributed by atoms with Gasteiger partial charge in [0.25, 0.3) is 0 Å². The molecule has 0 heterocycles. The summed E-state index contributed by atoms with van der Waals surface area (Å²) in [6, 6.07) is 2.65. The Bertz CT molecular complexity index is 364. The first-order valence-corrected chi connectivity index (χ1v) is 5.70. The highest BCUT2D eigenvalue weighted by Crippen LogP contribution is 2.25. The third-order valence-corrected chi connectivity index (χ3v) is 2.40. The maximum atomic E-state index is 13.2. The van der Waals surface area contributed by atoms with Crippen molar-refractivity contribution in [1.29, 1.82) is 0 Å². The van der Waals surface area contributed by atoms with Gasteiger partial charge in [0.1, 0.15) is 5.82 Å². The van der Waals surface area contributed by atoms with Crippen LogP contribution in [0.1, 0.15) is 6.42 Å². The number of rotatable bonds is 7. The lowest BCUT2D eigenvalue weighted by Crippen LogP contribution is -2.09. The van der Waals surface area contributed by atoms with Crippen molar-refractivity contribution in [2.45, 2.75) is 6.42 Å². The van der Waals surface area contributed by atoms with Crippen LogP contribution in [0.5, 0.6) is 0 Å². The molecule has 1 aromatic carbocycles. The van der Waals surface area contributed by atoms with E-state index in [0.29, 0.717) is 31.1 Å². The lowest BCUT2D eigenvalue weighted by Gasteiger charge is -2.10. The molecule has 17 heavy (non-hydrogen) atoms. The molecule has 0 saturated carbocycles. The molecule has 0 spiro atoms. The average molecular weight is 263 g/mol. The second-order valence-corrected chi connectivity index (χ2v) is 3.88. The van der Waals surface area contributed by atoms with Gasteiger partial charge in [0.15, 0.2) is 0 Å². The quantitative estimate of drug-likeness (QED) is 0.518. The third kappa shape index (κ3) is 4.77. The van der Waals surface area contributed by atoms with Crippen LogP contribution in [0.3, 0.4) is 0 Å². The van der Waals surface area contributed by atoms with Gasteiger partial charge < -0.3 is 20.9 Å². The number of aliphatic hydroxyl groups excluding tert-OH is 1. The summed E-state index contributed by atoms with van der Waals surface area (Å²) in [5.74, 6) is -0.500. The highest BCUT2D eigenvalue weighted by atomic mass is 35.5. The molecule has 6 heteroatoms. The monoisotopic (exact) mass is 262 g/mol. The predicted molar refractivity (Wildman–Crippen MR) is 66.8 cm³/mol. The van der Waals surface area contributed by atoms with Gasteiger partial charge in [0.05, 0.1) is 29.6 Å². The first kappa shape index (κ1) is 14.0. The van der Waals surface area contributed by atoms with Crippen molar-refractivity contribution < 1.29 is 14.2 Å². The Morgan fingerprint density at radius 3 is 2.88 bits per heavy atom. The Labute approximate surface area is 105 Å². The number of benzene rings is 1. The number of nitrogens with one attached hydrogen (secondary N) is 1. The smallest absolute Gasteiger partial charge is 0.143 e. The molecule has 0 aliphatic heterocycles. The largest absolute Gasteiger partial charge is 0.397 e. The molecule has 0 saturated heterocycles. The molecule has 1 aromatic rings. The molecular weight excluding hydrogens is 247 g/mol. The van der Waals surface area contributed by atoms with Crippen LogP contribution in [0.2, 0.25) is 5.02 Å². The number of ether oxygens (including phenoxy) is 1. The Hall–Kier alpha value is -1.04.